The summed E-state index contributed by atoms with van der Waals surface area (Å²) in [6, 6.07) is 3.72. The van der Waals surface area contributed by atoms with Gasteiger partial charge in [0.25, 0.3) is 0 Å². The Balaban J connectivity index is 2.32. The highest BCUT2D eigenvalue weighted by Crippen LogP contribution is 2.27. The molecule has 0 amide bonds. The Kier molecular flexibility index (Phi) is 3.18. The van der Waals surface area contributed by atoms with Crippen molar-refractivity contribution >= 4 is 28.8 Å². The number of hydrogen-bond acceptors (Lipinski definition) is 4. The molecule has 2 heterocycles. The molecule has 0 fully saturated rings. The smallest absolute Gasteiger partial charge is 0.171 e. The lowest BCUT2D eigenvalue weighted by molar-refractivity contribution is 1.12. The average Bonchev–Trinajstić information content (AvgIpc) is 2.66. The second-order valence-electron chi connectivity index (χ2n) is 2.92. The molecule has 78 valence electrons. The molecule has 15 heavy (non-hydrogen) atoms. The van der Waals surface area contributed by atoms with E-state index in [0.29, 0.717) is 5.82 Å². The third kappa shape index (κ3) is 2.46. The van der Waals surface area contributed by atoms with Gasteiger partial charge in [0.1, 0.15) is 5.82 Å². The summed E-state index contributed by atoms with van der Waals surface area (Å²) < 4.78 is 0. The Morgan fingerprint density at radius 3 is 3.07 bits per heavy atom. The quantitative estimate of drug-likeness (QED) is 0.893. The van der Waals surface area contributed by atoms with Crippen molar-refractivity contribution in [3.05, 3.63) is 28.7 Å². The van der Waals surface area contributed by atoms with Gasteiger partial charge in [-0.15, -0.1) is 11.3 Å². The highest BCUT2D eigenvalue weighted by Gasteiger charge is 2.04. The van der Waals surface area contributed by atoms with Crippen LogP contribution in [0.25, 0.3) is 10.7 Å². The molecule has 0 aliphatic heterocycles. The third-order valence-corrected chi connectivity index (χ3v) is 3.08. The molecule has 0 saturated heterocycles. The minimum absolute atomic E-state index is 0.713. The first kappa shape index (κ1) is 10.4. The van der Waals surface area contributed by atoms with Crippen LogP contribution in [0.3, 0.4) is 0 Å². The van der Waals surface area contributed by atoms with Crippen LogP contribution in [-0.2, 0) is 0 Å². The standard InChI is InChI=1S/C10H10ClN3S/c1-2-12-9-3-4-13-10(14-9)8-5-7(11)6-15-8/h3-6H,2H2,1H3,(H,12,13,14). The second-order valence-corrected chi connectivity index (χ2v) is 4.27. The molecule has 0 radical (unpaired) electrons. The maximum absolute atomic E-state index is 5.85. The van der Waals surface area contributed by atoms with Gasteiger partial charge in [-0.25, -0.2) is 9.97 Å². The van der Waals surface area contributed by atoms with Crippen molar-refractivity contribution in [1.29, 1.82) is 0 Å². The summed E-state index contributed by atoms with van der Waals surface area (Å²) in [5.41, 5.74) is 0. The van der Waals surface area contributed by atoms with Gasteiger partial charge in [-0.05, 0) is 19.1 Å². The predicted octanol–water partition coefficient (Wildman–Crippen LogP) is 3.29. The van der Waals surface area contributed by atoms with Crippen LogP contribution in [0.2, 0.25) is 5.02 Å². The fourth-order valence-corrected chi connectivity index (χ4v) is 2.20. The van der Waals surface area contributed by atoms with Crippen molar-refractivity contribution in [2.24, 2.45) is 0 Å². The summed E-state index contributed by atoms with van der Waals surface area (Å²) in [6.45, 7) is 2.88. The van der Waals surface area contributed by atoms with Gasteiger partial charge in [-0.1, -0.05) is 11.6 Å². The van der Waals surface area contributed by atoms with E-state index in [2.05, 4.69) is 15.3 Å². The molecule has 0 aliphatic carbocycles. The van der Waals surface area contributed by atoms with Crippen LogP contribution in [0, 0.1) is 0 Å². The first-order valence-electron chi connectivity index (χ1n) is 4.61. The van der Waals surface area contributed by atoms with Crippen LogP contribution in [0.1, 0.15) is 6.92 Å². The van der Waals surface area contributed by atoms with Crippen molar-refractivity contribution in [3.63, 3.8) is 0 Å². The predicted molar refractivity (Wildman–Crippen MR) is 64.5 cm³/mol. The summed E-state index contributed by atoms with van der Waals surface area (Å²) in [6.07, 6.45) is 1.74. The van der Waals surface area contributed by atoms with Gasteiger partial charge in [-0.3, -0.25) is 0 Å². The minimum atomic E-state index is 0.713. The minimum Gasteiger partial charge on any atom is -0.370 e. The zero-order valence-electron chi connectivity index (χ0n) is 8.20. The monoisotopic (exact) mass is 239 g/mol. The zero-order valence-corrected chi connectivity index (χ0v) is 9.77. The van der Waals surface area contributed by atoms with Crippen LogP contribution >= 0.6 is 22.9 Å². The first-order valence-corrected chi connectivity index (χ1v) is 5.86. The number of nitrogens with zero attached hydrogens (tertiary/aromatic N) is 2. The number of anilines is 1. The molecule has 5 heteroatoms. The summed E-state index contributed by atoms with van der Waals surface area (Å²) >= 11 is 7.40. The SMILES string of the molecule is CCNc1ccnc(-c2cc(Cl)cs2)n1. The maximum Gasteiger partial charge on any atom is 0.171 e. The normalized spacial score (nSPS) is 10.3. The number of thiophene rings is 1. The van der Waals surface area contributed by atoms with E-state index >= 15 is 0 Å². The fraction of sp³-hybridized carbons (Fsp3) is 0.200. The lowest BCUT2D eigenvalue weighted by Gasteiger charge is -2.02. The van der Waals surface area contributed by atoms with Crippen molar-refractivity contribution in [3.8, 4) is 10.7 Å². The van der Waals surface area contributed by atoms with Crippen LogP contribution in [0.5, 0.6) is 0 Å². The Bertz CT molecular complexity index is 455. The molecule has 2 rings (SSSR count). The summed E-state index contributed by atoms with van der Waals surface area (Å²) in [4.78, 5) is 9.57. The van der Waals surface area contributed by atoms with E-state index in [-0.39, 0.29) is 0 Å². The Morgan fingerprint density at radius 2 is 2.40 bits per heavy atom. The van der Waals surface area contributed by atoms with Crippen molar-refractivity contribution in [1.82, 2.24) is 9.97 Å². The number of halogens is 1. The van der Waals surface area contributed by atoms with E-state index in [1.54, 1.807) is 17.5 Å². The molecule has 0 aliphatic rings. The van der Waals surface area contributed by atoms with Gasteiger partial charge >= 0.3 is 0 Å². The number of hydrogen-bond donors (Lipinski definition) is 1. The third-order valence-electron chi connectivity index (χ3n) is 1.80. The van der Waals surface area contributed by atoms with Crippen LogP contribution in [-0.4, -0.2) is 16.5 Å². The molecule has 0 spiro atoms. The van der Waals surface area contributed by atoms with Crippen molar-refractivity contribution in [2.75, 3.05) is 11.9 Å². The molecular weight excluding hydrogens is 230 g/mol. The topological polar surface area (TPSA) is 37.8 Å². The molecule has 0 atom stereocenters. The van der Waals surface area contributed by atoms with E-state index in [1.807, 2.05) is 24.4 Å². The van der Waals surface area contributed by atoms with Crippen molar-refractivity contribution in [2.45, 2.75) is 6.92 Å². The Morgan fingerprint density at radius 1 is 1.53 bits per heavy atom. The van der Waals surface area contributed by atoms with Gasteiger partial charge in [0.05, 0.1) is 9.90 Å². The first-order chi connectivity index (χ1) is 7.29. The summed E-state index contributed by atoms with van der Waals surface area (Å²) in [7, 11) is 0. The highest BCUT2D eigenvalue weighted by atomic mass is 35.5. The molecule has 3 nitrogen and oxygen atoms in total. The van der Waals surface area contributed by atoms with E-state index in [1.165, 1.54) is 0 Å². The molecule has 0 saturated carbocycles. The van der Waals surface area contributed by atoms with Gasteiger partial charge < -0.3 is 5.32 Å². The number of nitrogens with one attached hydrogen (secondary N) is 1. The molecule has 1 N–H and O–H groups in total. The largest absolute Gasteiger partial charge is 0.370 e. The van der Waals surface area contributed by atoms with Crippen molar-refractivity contribution < 1.29 is 0 Å². The molecule has 0 aromatic carbocycles. The average molecular weight is 240 g/mol. The van der Waals surface area contributed by atoms with E-state index < -0.39 is 0 Å². The van der Waals surface area contributed by atoms with Gasteiger partial charge in [0, 0.05) is 18.1 Å². The second kappa shape index (κ2) is 4.59. The van der Waals surface area contributed by atoms with Gasteiger partial charge in [0.15, 0.2) is 5.82 Å². The maximum atomic E-state index is 5.85. The summed E-state index contributed by atoms with van der Waals surface area (Å²) in [5, 5.41) is 5.75. The summed E-state index contributed by atoms with van der Waals surface area (Å²) in [5.74, 6) is 1.55. The van der Waals surface area contributed by atoms with E-state index in [9.17, 15) is 0 Å². The highest BCUT2D eigenvalue weighted by molar-refractivity contribution is 7.14. The molecule has 0 bridgehead atoms. The van der Waals surface area contributed by atoms with E-state index in [0.717, 1.165) is 22.3 Å². The fourth-order valence-electron chi connectivity index (χ4n) is 1.19. The molecule has 0 unspecified atom stereocenters. The van der Waals surface area contributed by atoms with Crippen LogP contribution in [0.4, 0.5) is 5.82 Å². The molecule has 2 aromatic rings. The lowest BCUT2D eigenvalue weighted by Crippen LogP contribution is -2.00. The molecular formula is C10H10ClN3S. The lowest BCUT2D eigenvalue weighted by atomic mass is 10.4. The zero-order chi connectivity index (χ0) is 10.7. The van der Waals surface area contributed by atoms with Crippen LogP contribution in [0.15, 0.2) is 23.7 Å². The Hall–Kier alpha value is -1.13. The number of aromatic nitrogens is 2. The Labute approximate surface area is 97.2 Å². The number of rotatable bonds is 3. The van der Waals surface area contributed by atoms with E-state index in [4.69, 9.17) is 11.6 Å². The van der Waals surface area contributed by atoms with Gasteiger partial charge in [0.2, 0.25) is 0 Å². The molecule has 2 aromatic heterocycles. The van der Waals surface area contributed by atoms with Gasteiger partial charge in [-0.2, -0.15) is 0 Å². The van der Waals surface area contributed by atoms with Crippen LogP contribution < -0.4 is 5.32 Å².